The SMILES string of the molecule is CCC(CCNc1ncc(S)cc1Br)OCCCC1CCCN(Sc2cc(Br)c(Cl)s2)C1.N[C@@H](Cc1ccc(Cl)cc1)C(=O)O. The molecule has 1 saturated heterocycles. The Kier molecular flexibility index (Phi) is 17.9. The molecule has 0 amide bonds. The molecule has 1 aliphatic rings. The minimum atomic E-state index is -0.991. The minimum absolute atomic E-state index is 0.283. The lowest BCUT2D eigenvalue weighted by Crippen LogP contribution is -2.32. The maximum atomic E-state index is 10.4. The standard InChI is InChI=1S/C22H30Br2ClN3OS3.C9H10ClNO2/c1-2-16(7-8-26-22-19(24)11-17(30)13-27-22)29-10-4-6-15-5-3-9-28(14-15)32-20-12-18(23)21(25)31-20;10-7-3-1-6(2-4-7)5-8(11)9(12)13/h11-13,15-16,30H,2-10,14H2,1H3,(H,26,27);1-4,8H,5,11H2,(H,12,13)/t;8-/m.0/s1. The first-order valence-electron chi connectivity index (χ1n) is 14.8. The quantitative estimate of drug-likeness (QED) is 0.0683. The molecule has 1 fully saturated rings. The molecule has 0 radical (unpaired) electrons. The van der Waals surface area contributed by atoms with Gasteiger partial charge in [0.05, 0.1) is 14.8 Å². The summed E-state index contributed by atoms with van der Waals surface area (Å²) in [7, 11) is 0. The number of ether oxygens (including phenoxy) is 1. The normalized spacial score (nSPS) is 16.5. The number of hydrogen-bond acceptors (Lipinski definition) is 9. The van der Waals surface area contributed by atoms with Gasteiger partial charge in [0.25, 0.3) is 0 Å². The largest absolute Gasteiger partial charge is 0.480 e. The second-order valence-electron chi connectivity index (χ2n) is 10.7. The maximum absolute atomic E-state index is 10.4. The van der Waals surface area contributed by atoms with Crippen molar-refractivity contribution >= 4 is 103 Å². The number of hydrogen-bond donors (Lipinski definition) is 4. The third kappa shape index (κ3) is 14.6. The summed E-state index contributed by atoms with van der Waals surface area (Å²) in [6, 6.07) is 10.2. The van der Waals surface area contributed by atoms with E-state index in [-0.39, 0.29) is 6.10 Å². The zero-order valence-corrected chi connectivity index (χ0v) is 32.3. The topological polar surface area (TPSA) is 101 Å². The summed E-state index contributed by atoms with van der Waals surface area (Å²) in [5, 5.41) is 12.6. The molecular weight excluding hydrogens is 803 g/mol. The second kappa shape index (κ2) is 20.7. The van der Waals surface area contributed by atoms with E-state index >= 15 is 0 Å². The first-order chi connectivity index (χ1) is 21.5. The Bertz CT molecular complexity index is 1320. The Hall–Kier alpha value is -0.540. The number of pyridine rings is 1. The summed E-state index contributed by atoms with van der Waals surface area (Å²) in [5.41, 5.74) is 6.23. The molecule has 0 bridgehead atoms. The van der Waals surface area contributed by atoms with Gasteiger partial charge in [-0.3, -0.25) is 4.79 Å². The van der Waals surface area contributed by atoms with Crippen LogP contribution in [-0.2, 0) is 16.0 Å². The van der Waals surface area contributed by atoms with E-state index in [2.05, 4.69) is 72.1 Å². The minimum Gasteiger partial charge on any atom is -0.480 e. The number of halogens is 4. The Labute approximate surface area is 307 Å². The highest BCUT2D eigenvalue weighted by atomic mass is 79.9. The second-order valence-corrected chi connectivity index (χ2v) is 16.4. The van der Waals surface area contributed by atoms with Crippen molar-refractivity contribution in [3.8, 4) is 0 Å². The Balaban J connectivity index is 0.000000355. The summed E-state index contributed by atoms with van der Waals surface area (Å²) in [6.45, 7) is 6.17. The van der Waals surface area contributed by atoms with Gasteiger partial charge in [0.2, 0.25) is 0 Å². The fraction of sp³-hybridized carbons (Fsp3) is 0.484. The van der Waals surface area contributed by atoms with Gasteiger partial charge in [-0.05, 0) is 125 Å². The van der Waals surface area contributed by atoms with Gasteiger partial charge in [0, 0.05) is 46.8 Å². The molecule has 3 atom stereocenters. The van der Waals surface area contributed by atoms with Crippen LogP contribution in [0.3, 0.4) is 0 Å². The van der Waals surface area contributed by atoms with Crippen LogP contribution in [0, 0.1) is 5.92 Å². The lowest BCUT2D eigenvalue weighted by Gasteiger charge is -2.31. The van der Waals surface area contributed by atoms with Crippen molar-refractivity contribution in [2.75, 3.05) is 31.6 Å². The summed E-state index contributed by atoms with van der Waals surface area (Å²) >= 11 is 26.7. The zero-order valence-electron chi connectivity index (χ0n) is 25.1. The van der Waals surface area contributed by atoms with Crippen LogP contribution in [0.25, 0.3) is 0 Å². The number of carboxylic acids is 1. The van der Waals surface area contributed by atoms with Crippen molar-refractivity contribution in [2.24, 2.45) is 11.7 Å². The summed E-state index contributed by atoms with van der Waals surface area (Å²) < 4.78 is 12.7. The lowest BCUT2D eigenvalue weighted by atomic mass is 9.95. The van der Waals surface area contributed by atoms with Crippen molar-refractivity contribution in [3.63, 3.8) is 0 Å². The Morgan fingerprint density at radius 3 is 2.69 bits per heavy atom. The average Bonchev–Trinajstić information content (AvgIpc) is 3.32. The molecule has 0 spiro atoms. The monoisotopic (exact) mass is 840 g/mol. The van der Waals surface area contributed by atoms with Crippen molar-refractivity contribution < 1.29 is 14.6 Å². The number of thiophene rings is 1. The molecule has 4 rings (SSSR count). The van der Waals surface area contributed by atoms with Gasteiger partial charge < -0.3 is 20.9 Å². The van der Waals surface area contributed by atoms with Crippen LogP contribution < -0.4 is 11.1 Å². The molecule has 4 N–H and O–H groups in total. The number of carboxylic acid groups (broad SMARTS) is 1. The molecule has 14 heteroatoms. The number of benzene rings is 1. The van der Waals surface area contributed by atoms with Crippen molar-refractivity contribution in [1.29, 1.82) is 0 Å². The number of aromatic nitrogens is 1. The van der Waals surface area contributed by atoms with E-state index in [1.54, 1.807) is 41.8 Å². The van der Waals surface area contributed by atoms with Gasteiger partial charge in [-0.2, -0.15) is 0 Å². The molecule has 248 valence electrons. The summed E-state index contributed by atoms with van der Waals surface area (Å²) in [6.07, 6.45) is 9.30. The van der Waals surface area contributed by atoms with E-state index in [1.165, 1.54) is 23.5 Å². The molecule has 0 aliphatic carbocycles. The highest BCUT2D eigenvalue weighted by Crippen LogP contribution is 2.40. The average molecular weight is 844 g/mol. The first kappa shape index (κ1) is 38.9. The molecule has 1 aliphatic heterocycles. The number of piperidine rings is 1. The molecule has 45 heavy (non-hydrogen) atoms. The van der Waals surface area contributed by atoms with E-state index in [4.69, 9.17) is 38.8 Å². The summed E-state index contributed by atoms with van der Waals surface area (Å²) in [5.74, 6) is 0.614. The van der Waals surface area contributed by atoms with Gasteiger partial charge in [-0.25, -0.2) is 9.29 Å². The molecular formula is C31H40Br2Cl2N4O3S3. The number of nitrogens with two attached hydrogens (primary N) is 1. The molecule has 7 nitrogen and oxygen atoms in total. The van der Waals surface area contributed by atoms with Crippen LogP contribution in [0.15, 0.2) is 60.6 Å². The third-order valence-corrected chi connectivity index (χ3v) is 11.9. The lowest BCUT2D eigenvalue weighted by molar-refractivity contribution is -0.138. The predicted octanol–water partition coefficient (Wildman–Crippen LogP) is 9.70. The van der Waals surface area contributed by atoms with E-state index in [0.717, 1.165) is 81.0 Å². The maximum Gasteiger partial charge on any atom is 0.320 e. The predicted molar refractivity (Wildman–Crippen MR) is 200 cm³/mol. The van der Waals surface area contributed by atoms with Gasteiger partial charge in [-0.15, -0.1) is 24.0 Å². The number of thiol groups is 1. The number of carbonyl (C=O) groups is 1. The number of anilines is 1. The van der Waals surface area contributed by atoms with E-state index in [0.29, 0.717) is 11.4 Å². The highest BCUT2D eigenvalue weighted by Gasteiger charge is 2.21. The molecule has 0 saturated carbocycles. The molecule has 2 unspecified atom stereocenters. The molecule has 2 aromatic heterocycles. The fourth-order valence-corrected chi connectivity index (χ4v) is 9.09. The first-order valence-corrected chi connectivity index (χ1v) is 19.2. The number of nitrogens with one attached hydrogen (secondary N) is 1. The highest BCUT2D eigenvalue weighted by molar-refractivity contribution is 9.11. The zero-order chi connectivity index (χ0) is 32.8. The van der Waals surface area contributed by atoms with Crippen LogP contribution >= 0.6 is 91.0 Å². The van der Waals surface area contributed by atoms with Gasteiger partial charge in [-0.1, -0.05) is 42.3 Å². The third-order valence-electron chi connectivity index (χ3n) is 7.16. The van der Waals surface area contributed by atoms with Gasteiger partial charge in [0.1, 0.15) is 16.2 Å². The van der Waals surface area contributed by atoms with Crippen LogP contribution in [0.4, 0.5) is 5.82 Å². The van der Waals surface area contributed by atoms with Crippen molar-refractivity contribution in [3.05, 3.63) is 66.5 Å². The van der Waals surface area contributed by atoms with Crippen molar-refractivity contribution in [2.45, 2.75) is 73.1 Å². The Morgan fingerprint density at radius 2 is 2.04 bits per heavy atom. The Morgan fingerprint density at radius 1 is 1.29 bits per heavy atom. The van der Waals surface area contributed by atoms with Gasteiger partial charge >= 0.3 is 5.97 Å². The molecule has 3 heterocycles. The number of nitrogens with zero attached hydrogens (tertiary/aromatic N) is 2. The van der Waals surface area contributed by atoms with Crippen LogP contribution in [0.1, 0.15) is 51.0 Å². The number of rotatable bonds is 15. The van der Waals surface area contributed by atoms with E-state index < -0.39 is 12.0 Å². The van der Waals surface area contributed by atoms with Crippen LogP contribution in [-0.4, -0.2) is 58.8 Å². The summed E-state index contributed by atoms with van der Waals surface area (Å²) in [4.78, 5) is 15.6. The smallest absolute Gasteiger partial charge is 0.320 e. The number of aliphatic carboxylic acids is 1. The van der Waals surface area contributed by atoms with E-state index in [1.807, 2.05) is 18.0 Å². The van der Waals surface area contributed by atoms with Crippen LogP contribution in [0.5, 0.6) is 0 Å². The molecule has 3 aromatic rings. The van der Waals surface area contributed by atoms with Crippen molar-refractivity contribution in [1.82, 2.24) is 9.29 Å². The fourth-order valence-electron chi connectivity index (χ4n) is 4.74. The van der Waals surface area contributed by atoms with Crippen LogP contribution in [0.2, 0.25) is 9.36 Å². The molecule has 1 aromatic carbocycles. The van der Waals surface area contributed by atoms with Gasteiger partial charge in [0.15, 0.2) is 0 Å². The van der Waals surface area contributed by atoms with E-state index in [9.17, 15) is 4.79 Å².